The van der Waals surface area contributed by atoms with E-state index in [9.17, 15) is 18.7 Å². The molecule has 1 N–H and O–H groups in total. The number of benzene rings is 1. The Morgan fingerprint density at radius 3 is 2.55 bits per heavy atom. The molecule has 0 radical (unpaired) electrons. The molecule has 1 saturated carbocycles. The van der Waals surface area contributed by atoms with Gasteiger partial charge in [0.25, 0.3) is 0 Å². The normalized spacial score (nSPS) is 25.2. The van der Waals surface area contributed by atoms with Gasteiger partial charge in [-0.3, -0.25) is 4.79 Å². The van der Waals surface area contributed by atoms with Crippen LogP contribution in [0.4, 0.5) is 8.78 Å². The molecule has 1 aromatic carbocycles. The first-order valence-corrected chi connectivity index (χ1v) is 5.99. The van der Waals surface area contributed by atoms with Gasteiger partial charge in [-0.2, -0.15) is 4.98 Å². The zero-order chi connectivity index (χ0) is 14.3. The molecule has 7 heteroatoms. The van der Waals surface area contributed by atoms with Crippen LogP contribution in [0.5, 0.6) is 0 Å². The summed E-state index contributed by atoms with van der Waals surface area (Å²) in [5.74, 6) is -1.54. The minimum Gasteiger partial charge on any atom is -0.480 e. The van der Waals surface area contributed by atoms with Gasteiger partial charge in [0.1, 0.15) is 12.0 Å². The van der Waals surface area contributed by atoms with Gasteiger partial charge in [-0.1, -0.05) is 5.16 Å². The Kier molecular flexibility index (Phi) is 2.77. The van der Waals surface area contributed by atoms with Crippen molar-refractivity contribution in [2.75, 3.05) is 0 Å². The number of carbonyl (C=O) groups is 1. The molecule has 3 rings (SSSR count). The second-order valence-corrected chi connectivity index (χ2v) is 4.82. The van der Waals surface area contributed by atoms with E-state index in [1.807, 2.05) is 0 Å². The van der Waals surface area contributed by atoms with Gasteiger partial charge in [0.15, 0.2) is 5.41 Å². The van der Waals surface area contributed by atoms with E-state index in [1.165, 1.54) is 24.3 Å². The van der Waals surface area contributed by atoms with Crippen molar-refractivity contribution in [3.05, 3.63) is 36.0 Å². The van der Waals surface area contributed by atoms with Crippen LogP contribution in [0, 0.1) is 5.82 Å². The molecule has 1 fully saturated rings. The van der Waals surface area contributed by atoms with E-state index in [4.69, 9.17) is 4.52 Å². The fourth-order valence-electron chi connectivity index (χ4n) is 2.27. The van der Waals surface area contributed by atoms with Gasteiger partial charge in [-0.15, -0.1) is 0 Å². The van der Waals surface area contributed by atoms with Gasteiger partial charge >= 0.3 is 5.97 Å². The standard InChI is InChI=1S/C13H10F2N2O3/c14-8-3-1-7(2-4-8)10-16-11(20-17-10)13(12(18)19)5-9(15)6-13/h1-4,9H,5-6H2,(H,18,19). The number of rotatable bonds is 3. The summed E-state index contributed by atoms with van der Waals surface area (Å²) in [6, 6.07) is 5.38. The first-order chi connectivity index (χ1) is 9.51. The SMILES string of the molecule is O=C(O)C1(c2nc(-c3ccc(F)cc3)no2)CC(F)C1. The number of carboxylic acid groups (broad SMARTS) is 1. The smallest absolute Gasteiger partial charge is 0.319 e. The molecule has 0 atom stereocenters. The highest BCUT2D eigenvalue weighted by Gasteiger charge is 2.56. The predicted molar refractivity (Wildman–Crippen MR) is 63.1 cm³/mol. The van der Waals surface area contributed by atoms with Crippen LogP contribution in [0.25, 0.3) is 11.4 Å². The molecule has 0 aliphatic heterocycles. The average molecular weight is 280 g/mol. The summed E-state index contributed by atoms with van der Waals surface area (Å²) in [4.78, 5) is 15.3. The lowest BCUT2D eigenvalue weighted by atomic mass is 9.67. The van der Waals surface area contributed by atoms with E-state index in [0.29, 0.717) is 5.56 Å². The molecule has 1 aliphatic carbocycles. The van der Waals surface area contributed by atoms with Gasteiger partial charge in [0.05, 0.1) is 0 Å². The first kappa shape index (κ1) is 12.7. The molecule has 0 amide bonds. The number of carboxylic acids is 1. The quantitative estimate of drug-likeness (QED) is 0.933. The lowest BCUT2D eigenvalue weighted by Crippen LogP contribution is -2.49. The lowest BCUT2D eigenvalue weighted by molar-refractivity contribution is -0.152. The van der Waals surface area contributed by atoms with Crippen molar-refractivity contribution in [1.82, 2.24) is 10.1 Å². The number of nitrogens with zero attached hydrogens (tertiary/aromatic N) is 2. The molecule has 0 unspecified atom stereocenters. The van der Waals surface area contributed by atoms with E-state index in [1.54, 1.807) is 0 Å². The van der Waals surface area contributed by atoms with Crippen LogP contribution in [0.2, 0.25) is 0 Å². The van der Waals surface area contributed by atoms with Crippen molar-refractivity contribution >= 4 is 5.97 Å². The number of hydrogen-bond acceptors (Lipinski definition) is 4. The summed E-state index contributed by atoms with van der Waals surface area (Å²) in [6.45, 7) is 0. The number of alkyl halides is 1. The zero-order valence-corrected chi connectivity index (χ0v) is 10.2. The molecule has 2 aromatic rings. The summed E-state index contributed by atoms with van der Waals surface area (Å²) in [5, 5.41) is 12.9. The number of aromatic nitrogens is 2. The van der Waals surface area contributed by atoms with E-state index in [-0.39, 0.29) is 24.6 Å². The third-order valence-corrected chi connectivity index (χ3v) is 3.49. The molecule has 0 saturated heterocycles. The minimum absolute atomic E-state index is 0.113. The molecule has 20 heavy (non-hydrogen) atoms. The maximum Gasteiger partial charge on any atom is 0.319 e. The van der Waals surface area contributed by atoms with Crippen LogP contribution in [0.1, 0.15) is 18.7 Å². The van der Waals surface area contributed by atoms with Gasteiger partial charge in [0, 0.05) is 18.4 Å². The van der Waals surface area contributed by atoms with Gasteiger partial charge < -0.3 is 9.63 Å². The fraction of sp³-hybridized carbons (Fsp3) is 0.308. The fourth-order valence-corrected chi connectivity index (χ4v) is 2.27. The Hall–Kier alpha value is -2.31. The van der Waals surface area contributed by atoms with Crippen molar-refractivity contribution < 1.29 is 23.2 Å². The Morgan fingerprint density at radius 2 is 2.00 bits per heavy atom. The number of halogens is 2. The van der Waals surface area contributed by atoms with Crippen LogP contribution >= 0.6 is 0 Å². The summed E-state index contributed by atoms with van der Waals surface area (Å²) >= 11 is 0. The highest BCUT2D eigenvalue weighted by atomic mass is 19.1. The Bertz CT molecular complexity index is 648. The Labute approximate surface area is 112 Å². The summed E-state index contributed by atoms with van der Waals surface area (Å²) in [5.41, 5.74) is -0.942. The molecule has 1 aromatic heterocycles. The molecular weight excluding hydrogens is 270 g/mol. The van der Waals surface area contributed by atoms with Gasteiger partial charge in [-0.05, 0) is 24.3 Å². The van der Waals surface area contributed by atoms with Crippen LogP contribution in [0.15, 0.2) is 28.8 Å². The largest absolute Gasteiger partial charge is 0.480 e. The third kappa shape index (κ3) is 1.86. The van der Waals surface area contributed by atoms with Crippen LogP contribution in [-0.4, -0.2) is 27.4 Å². The van der Waals surface area contributed by atoms with E-state index < -0.39 is 23.4 Å². The van der Waals surface area contributed by atoms with Crippen molar-refractivity contribution in [3.63, 3.8) is 0 Å². The van der Waals surface area contributed by atoms with E-state index >= 15 is 0 Å². The maximum atomic E-state index is 13.0. The van der Waals surface area contributed by atoms with Crippen LogP contribution in [-0.2, 0) is 10.2 Å². The van der Waals surface area contributed by atoms with E-state index in [0.717, 1.165) is 0 Å². The Balaban J connectivity index is 1.94. The second kappa shape index (κ2) is 4.36. The molecule has 5 nitrogen and oxygen atoms in total. The predicted octanol–water partition coefficient (Wildman–Crippen LogP) is 2.33. The second-order valence-electron chi connectivity index (χ2n) is 4.82. The van der Waals surface area contributed by atoms with Crippen molar-refractivity contribution in [1.29, 1.82) is 0 Å². The summed E-state index contributed by atoms with van der Waals surface area (Å²) in [6.07, 6.45) is -1.52. The summed E-state index contributed by atoms with van der Waals surface area (Å²) < 4.78 is 30.8. The molecular formula is C13H10F2N2O3. The minimum atomic E-state index is -1.44. The van der Waals surface area contributed by atoms with Crippen LogP contribution < -0.4 is 0 Å². The molecule has 1 heterocycles. The van der Waals surface area contributed by atoms with Crippen molar-refractivity contribution in [2.45, 2.75) is 24.4 Å². The molecule has 0 spiro atoms. The maximum absolute atomic E-state index is 13.0. The number of hydrogen-bond donors (Lipinski definition) is 1. The Morgan fingerprint density at radius 1 is 1.35 bits per heavy atom. The highest BCUT2D eigenvalue weighted by Crippen LogP contribution is 2.45. The van der Waals surface area contributed by atoms with E-state index in [2.05, 4.69) is 10.1 Å². The average Bonchev–Trinajstić information content (AvgIpc) is 2.85. The first-order valence-electron chi connectivity index (χ1n) is 5.99. The van der Waals surface area contributed by atoms with Gasteiger partial charge in [0.2, 0.25) is 11.7 Å². The number of aliphatic carboxylic acids is 1. The van der Waals surface area contributed by atoms with Crippen molar-refractivity contribution in [3.8, 4) is 11.4 Å². The molecule has 1 aliphatic rings. The van der Waals surface area contributed by atoms with Gasteiger partial charge in [-0.25, -0.2) is 8.78 Å². The third-order valence-electron chi connectivity index (χ3n) is 3.49. The molecule has 0 bridgehead atoms. The monoisotopic (exact) mass is 280 g/mol. The lowest BCUT2D eigenvalue weighted by Gasteiger charge is -2.36. The van der Waals surface area contributed by atoms with Crippen LogP contribution in [0.3, 0.4) is 0 Å². The zero-order valence-electron chi connectivity index (χ0n) is 10.2. The summed E-state index contributed by atoms with van der Waals surface area (Å²) in [7, 11) is 0. The highest BCUT2D eigenvalue weighted by molar-refractivity contribution is 5.81. The topological polar surface area (TPSA) is 76.2 Å². The van der Waals surface area contributed by atoms with Crippen molar-refractivity contribution in [2.24, 2.45) is 0 Å². The molecule has 104 valence electrons.